The summed E-state index contributed by atoms with van der Waals surface area (Å²) in [6.45, 7) is 4.19. The molecule has 0 unspecified atom stereocenters. The molecule has 0 atom stereocenters. The molecule has 1 fully saturated rings. The lowest BCUT2D eigenvalue weighted by Crippen LogP contribution is -2.33. The van der Waals surface area contributed by atoms with E-state index in [0.717, 1.165) is 25.0 Å². The van der Waals surface area contributed by atoms with Crippen LogP contribution in [-0.2, 0) is 12.0 Å². The summed E-state index contributed by atoms with van der Waals surface area (Å²) in [4.78, 5) is 0. The van der Waals surface area contributed by atoms with Crippen molar-refractivity contribution in [3.63, 3.8) is 0 Å². The Balaban J connectivity index is 2.03. The molecule has 0 radical (unpaired) electrons. The second-order valence-electron chi connectivity index (χ2n) is 6.35. The van der Waals surface area contributed by atoms with Crippen molar-refractivity contribution in [2.75, 3.05) is 0 Å². The van der Waals surface area contributed by atoms with Crippen LogP contribution in [0, 0.1) is 0 Å². The molecule has 18 heavy (non-hydrogen) atoms. The third-order valence-corrected chi connectivity index (χ3v) is 4.47. The molecule has 1 aromatic rings. The first-order valence-corrected chi connectivity index (χ1v) is 7.08. The van der Waals surface area contributed by atoms with Crippen LogP contribution in [0.25, 0.3) is 0 Å². The first-order chi connectivity index (χ1) is 8.40. The quantitative estimate of drug-likeness (QED) is 0.839. The van der Waals surface area contributed by atoms with Gasteiger partial charge in [0.2, 0.25) is 0 Å². The van der Waals surface area contributed by atoms with Gasteiger partial charge in [0.15, 0.2) is 0 Å². The largest absolute Gasteiger partial charge is 0.486 e. The van der Waals surface area contributed by atoms with Crippen LogP contribution >= 0.6 is 11.6 Å². The number of fused-ring (bicyclic) bond motifs is 1. The fraction of sp³-hybridized carbons (Fsp3) is 0.600. The molecule has 2 N–H and O–H groups in total. The summed E-state index contributed by atoms with van der Waals surface area (Å²) in [6, 6.07) is 4.22. The standard InChI is InChI=1S/C15H20ClNO/c1-14(2)9-10-7-11(8-12(16)13(10)18-14)15(17)5-3-4-6-15/h7-8H,3-6,9,17H2,1-2H3. The van der Waals surface area contributed by atoms with Crippen molar-refractivity contribution in [3.05, 3.63) is 28.3 Å². The van der Waals surface area contributed by atoms with Crippen LogP contribution in [0.15, 0.2) is 12.1 Å². The molecule has 2 aliphatic rings. The Morgan fingerprint density at radius 1 is 1.22 bits per heavy atom. The number of hydrogen-bond donors (Lipinski definition) is 1. The van der Waals surface area contributed by atoms with E-state index < -0.39 is 0 Å². The topological polar surface area (TPSA) is 35.2 Å². The summed E-state index contributed by atoms with van der Waals surface area (Å²) in [7, 11) is 0. The smallest absolute Gasteiger partial charge is 0.142 e. The Kier molecular flexibility index (Phi) is 2.65. The van der Waals surface area contributed by atoms with E-state index in [1.165, 1.54) is 24.0 Å². The van der Waals surface area contributed by atoms with Gasteiger partial charge in [-0.2, -0.15) is 0 Å². The Hall–Kier alpha value is -0.730. The Morgan fingerprint density at radius 2 is 1.89 bits per heavy atom. The Bertz CT molecular complexity index is 490. The number of nitrogens with two attached hydrogens (primary N) is 1. The zero-order valence-corrected chi connectivity index (χ0v) is 11.8. The van der Waals surface area contributed by atoms with E-state index in [4.69, 9.17) is 22.1 Å². The maximum absolute atomic E-state index is 6.51. The van der Waals surface area contributed by atoms with Crippen molar-refractivity contribution in [2.45, 2.75) is 57.1 Å². The normalized spacial score (nSPS) is 23.8. The van der Waals surface area contributed by atoms with E-state index in [-0.39, 0.29) is 11.1 Å². The van der Waals surface area contributed by atoms with Gasteiger partial charge in [-0.05, 0) is 43.9 Å². The zero-order valence-electron chi connectivity index (χ0n) is 11.1. The summed E-state index contributed by atoms with van der Waals surface area (Å²) in [5, 5.41) is 0.713. The molecule has 0 amide bonds. The van der Waals surface area contributed by atoms with Gasteiger partial charge in [0.25, 0.3) is 0 Å². The minimum absolute atomic E-state index is 0.151. The molecule has 2 nitrogen and oxygen atoms in total. The molecule has 1 aliphatic carbocycles. The van der Waals surface area contributed by atoms with Crippen LogP contribution in [0.4, 0.5) is 0 Å². The van der Waals surface area contributed by atoms with Gasteiger partial charge >= 0.3 is 0 Å². The van der Waals surface area contributed by atoms with Crippen molar-refractivity contribution in [2.24, 2.45) is 5.73 Å². The van der Waals surface area contributed by atoms with E-state index in [1.54, 1.807) is 0 Å². The molecule has 3 heteroatoms. The average molecular weight is 266 g/mol. The maximum Gasteiger partial charge on any atom is 0.142 e. The first-order valence-electron chi connectivity index (χ1n) is 6.70. The second kappa shape index (κ2) is 3.88. The highest BCUT2D eigenvalue weighted by Crippen LogP contribution is 2.45. The van der Waals surface area contributed by atoms with E-state index in [0.29, 0.717) is 5.02 Å². The lowest BCUT2D eigenvalue weighted by Gasteiger charge is -2.25. The number of halogens is 1. The van der Waals surface area contributed by atoms with Gasteiger partial charge in [-0.15, -0.1) is 0 Å². The molecule has 1 heterocycles. The second-order valence-corrected chi connectivity index (χ2v) is 6.76. The lowest BCUT2D eigenvalue weighted by atomic mass is 9.87. The number of benzene rings is 1. The van der Waals surface area contributed by atoms with Crippen molar-refractivity contribution < 1.29 is 4.74 Å². The van der Waals surface area contributed by atoms with Crippen LogP contribution in [-0.4, -0.2) is 5.60 Å². The monoisotopic (exact) mass is 265 g/mol. The number of rotatable bonds is 1. The molecule has 1 aliphatic heterocycles. The third kappa shape index (κ3) is 1.92. The van der Waals surface area contributed by atoms with Crippen LogP contribution in [0.1, 0.15) is 50.7 Å². The molecule has 1 saturated carbocycles. The summed E-state index contributed by atoms with van der Waals surface area (Å²) in [5.41, 5.74) is 8.58. The Labute approximate surface area is 113 Å². The maximum atomic E-state index is 6.51. The van der Waals surface area contributed by atoms with Crippen molar-refractivity contribution in [1.29, 1.82) is 0 Å². The first kappa shape index (κ1) is 12.3. The number of ether oxygens (including phenoxy) is 1. The summed E-state index contributed by atoms with van der Waals surface area (Å²) < 4.78 is 5.90. The van der Waals surface area contributed by atoms with Crippen LogP contribution in [0.5, 0.6) is 5.75 Å². The van der Waals surface area contributed by atoms with E-state index in [2.05, 4.69) is 19.9 Å². The van der Waals surface area contributed by atoms with Gasteiger partial charge in [0.1, 0.15) is 11.4 Å². The minimum Gasteiger partial charge on any atom is -0.486 e. The van der Waals surface area contributed by atoms with Gasteiger partial charge < -0.3 is 10.5 Å². The highest BCUT2D eigenvalue weighted by molar-refractivity contribution is 6.32. The molecule has 0 bridgehead atoms. The van der Waals surface area contributed by atoms with Crippen LogP contribution < -0.4 is 10.5 Å². The zero-order chi connectivity index (χ0) is 13.0. The van der Waals surface area contributed by atoms with Crippen LogP contribution in [0.3, 0.4) is 0 Å². The average Bonchev–Trinajstić information content (AvgIpc) is 2.82. The van der Waals surface area contributed by atoms with Crippen molar-refractivity contribution in [1.82, 2.24) is 0 Å². The number of hydrogen-bond acceptors (Lipinski definition) is 2. The molecule has 98 valence electrons. The van der Waals surface area contributed by atoms with E-state index in [1.807, 2.05) is 6.07 Å². The van der Waals surface area contributed by atoms with E-state index >= 15 is 0 Å². The Morgan fingerprint density at radius 3 is 2.56 bits per heavy atom. The summed E-state index contributed by atoms with van der Waals surface area (Å²) in [6.07, 6.45) is 5.46. The van der Waals surface area contributed by atoms with Gasteiger partial charge in [-0.3, -0.25) is 0 Å². The molecule has 0 saturated heterocycles. The molecular weight excluding hydrogens is 246 g/mol. The van der Waals surface area contributed by atoms with Gasteiger partial charge in [-0.25, -0.2) is 0 Å². The highest BCUT2D eigenvalue weighted by atomic mass is 35.5. The molecule has 0 aromatic heterocycles. The van der Waals surface area contributed by atoms with Gasteiger partial charge in [0.05, 0.1) is 5.02 Å². The van der Waals surface area contributed by atoms with Gasteiger partial charge in [0, 0.05) is 12.0 Å². The molecule has 0 spiro atoms. The van der Waals surface area contributed by atoms with Gasteiger partial charge in [-0.1, -0.05) is 30.5 Å². The van der Waals surface area contributed by atoms with Crippen LogP contribution in [0.2, 0.25) is 5.02 Å². The fourth-order valence-electron chi connectivity index (χ4n) is 3.25. The molecule has 3 rings (SSSR count). The molecule has 1 aromatic carbocycles. The highest BCUT2D eigenvalue weighted by Gasteiger charge is 2.36. The predicted molar refractivity (Wildman–Crippen MR) is 74.2 cm³/mol. The predicted octanol–water partition coefficient (Wildman–Crippen LogP) is 3.78. The SMILES string of the molecule is CC1(C)Cc2cc(C3(N)CCCC3)cc(Cl)c2O1. The lowest BCUT2D eigenvalue weighted by molar-refractivity contribution is 0.138. The minimum atomic E-state index is -0.175. The van der Waals surface area contributed by atoms with Crippen molar-refractivity contribution >= 4 is 11.6 Å². The van der Waals surface area contributed by atoms with E-state index in [9.17, 15) is 0 Å². The fourth-order valence-corrected chi connectivity index (χ4v) is 3.53. The third-order valence-electron chi connectivity index (χ3n) is 4.19. The van der Waals surface area contributed by atoms with Crippen molar-refractivity contribution in [3.8, 4) is 5.75 Å². The summed E-state index contributed by atoms with van der Waals surface area (Å²) >= 11 is 6.36. The summed E-state index contributed by atoms with van der Waals surface area (Å²) in [5.74, 6) is 0.854. The molecular formula is C15H20ClNO.